The van der Waals surface area contributed by atoms with E-state index in [4.69, 9.17) is 17.3 Å². The molecule has 0 aliphatic rings. The van der Waals surface area contributed by atoms with Crippen LogP contribution in [0.4, 0.5) is 5.69 Å². The third-order valence-corrected chi connectivity index (χ3v) is 2.93. The van der Waals surface area contributed by atoms with E-state index in [9.17, 15) is 4.79 Å². The molecule has 17 heavy (non-hydrogen) atoms. The monoisotopic (exact) mass is 255 g/mol. The summed E-state index contributed by atoms with van der Waals surface area (Å²) >= 11 is 5.93. The Morgan fingerprint density at radius 1 is 1.65 bits per heavy atom. The highest BCUT2D eigenvalue weighted by Crippen LogP contribution is 2.24. The predicted octanol–water partition coefficient (Wildman–Crippen LogP) is 2.50. The smallest absolute Gasteiger partial charge is 0.244 e. The van der Waals surface area contributed by atoms with E-state index in [1.807, 2.05) is 13.8 Å². The normalized spacial score (nSPS) is 14.2. The maximum Gasteiger partial charge on any atom is 0.244 e. The second kappa shape index (κ2) is 5.47. The first-order chi connectivity index (χ1) is 7.88. The molecule has 3 N–H and O–H groups in total. The third kappa shape index (κ3) is 3.41. The Morgan fingerprint density at radius 3 is 2.82 bits per heavy atom. The van der Waals surface area contributed by atoms with Gasteiger partial charge in [0.2, 0.25) is 5.91 Å². The molecular weight excluding hydrogens is 238 g/mol. The summed E-state index contributed by atoms with van der Waals surface area (Å²) in [5.41, 5.74) is 6.46. The van der Waals surface area contributed by atoms with Gasteiger partial charge in [-0.1, -0.05) is 24.9 Å². The number of anilines is 1. The fraction of sp³-hybridized carbons (Fsp3) is 0.500. The highest BCUT2D eigenvalue weighted by atomic mass is 35.5. The predicted molar refractivity (Wildman–Crippen MR) is 70.1 cm³/mol. The van der Waals surface area contributed by atoms with Gasteiger partial charge in [-0.25, -0.2) is 4.98 Å². The Hall–Kier alpha value is -1.13. The van der Waals surface area contributed by atoms with Crippen molar-refractivity contribution in [1.82, 2.24) is 4.98 Å². The van der Waals surface area contributed by atoms with Gasteiger partial charge in [0.05, 0.1) is 11.2 Å². The number of pyridine rings is 1. The average Bonchev–Trinajstić information content (AvgIpc) is 2.23. The van der Waals surface area contributed by atoms with Gasteiger partial charge in [-0.2, -0.15) is 0 Å². The van der Waals surface area contributed by atoms with Gasteiger partial charge in [0.25, 0.3) is 0 Å². The summed E-state index contributed by atoms with van der Waals surface area (Å²) in [6.07, 6.45) is 3.07. The number of amides is 1. The third-order valence-electron chi connectivity index (χ3n) is 2.64. The van der Waals surface area contributed by atoms with Gasteiger partial charge < -0.3 is 11.1 Å². The molecule has 1 amide bonds. The molecule has 1 unspecified atom stereocenters. The number of hydrogen-bond donors (Lipinski definition) is 2. The zero-order valence-corrected chi connectivity index (χ0v) is 11.1. The summed E-state index contributed by atoms with van der Waals surface area (Å²) in [5, 5.41) is 3.03. The van der Waals surface area contributed by atoms with Crippen LogP contribution in [0.1, 0.15) is 32.3 Å². The summed E-state index contributed by atoms with van der Waals surface area (Å²) < 4.78 is 0. The van der Waals surface area contributed by atoms with Crippen LogP contribution in [0.25, 0.3) is 0 Å². The standard InChI is InChI=1S/C12H18ClN3O/c1-4-6-12(3,14)11(17)16-9-8(2)5-7-15-10(9)13/h5,7H,4,6,14H2,1-3H3,(H,16,17). The molecule has 94 valence electrons. The first-order valence-electron chi connectivity index (χ1n) is 5.60. The summed E-state index contributed by atoms with van der Waals surface area (Å²) in [5.74, 6) is -0.239. The number of carbonyl (C=O) groups is 1. The van der Waals surface area contributed by atoms with E-state index in [0.717, 1.165) is 12.0 Å². The molecule has 0 bridgehead atoms. The van der Waals surface area contributed by atoms with Crippen LogP contribution in [0, 0.1) is 6.92 Å². The van der Waals surface area contributed by atoms with Crippen LogP contribution in [0.15, 0.2) is 12.3 Å². The second-order valence-electron chi connectivity index (χ2n) is 4.42. The van der Waals surface area contributed by atoms with Crippen molar-refractivity contribution in [2.45, 2.75) is 39.2 Å². The molecule has 1 atom stereocenters. The number of aromatic nitrogens is 1. The van der Waals surface area contributed by atoms with Crippen LogP contribution in [0.2, 0.25) is 5.15 Å². The summed E-state index contributed by atoms with van der Waals surface area (Å²) in [4.78, 5) is 15.9. The number of aryl methyl sites for hydroxylation is 1. The Balaban J connectivity index is 2.88. The van der Waals surface area contributed by atoms with E-state index in [0.29, 0.717) is 12.1 Å². The van der Waals surface area contributed by atoms with Crippen molar-refractivity contribution < 1.29 is 4.79 Å². The van der Waals surface area contributed by atoms with Crippen molar-refractivity contribution in [3.8, 4) is 0 Å². The first kappa shape index (κ1) is 13.9. The average molecular weight is 256 g/mol. The van der Waals surface area contributed by atoms with E-state index >= 15 is 0 Å². The van der Waals surface area contributed by atoms with E-state index in [-0.39, 0.29) is 11.1 Å². The van der Waals surface area contributed by atoms with Crippen molar-refractivity contribution in [3.63, 3.8) is 0 Å². The van der Waals surface area contributed by atoms with Crippen LogP contribution in [0.5, 0.6) is 0 Å². The molecule has 0 aromatic carbocycles. The number of nitrogens with zero attached hydrogens (tertiary/aromatic N) is 1. The van der Waals surface area contributed by atoms with Crippen molar-refractivity contribution in [2.75, 3.05) is 5.32 Å². The van der Waals surface area contributed by atoms with Gasteiger partial charge >= 0.3 is 0 Å². The Morgan fingerprint density at radius 2 is 2.29 bits per heavy atom. The van der Waals surface area contributed by atoms with Crippen LogP contribution in [0.3, 0.4) is 0 Å². The Labute approximate surface area is 107 Å². The van der Waals surface area contributed by atoms with Gasteiger partial charge in [0.1, 0.15) is 0 Å². The van der Waals surface area contributed by atoms with E-state index in [1.165, 1.54) is 0 Å². The molecule has 0 saturated carbocycles. The van der Waals surface area contributed by atoms with Crippen LogP contribution < -0.4 is 11.1 Å². The fourth-order valence-electron chi connectivity index (χ4n) is 1.56. The minimum atomic E-state index is -0.889. The molecule has 0 aliphatic heterocycles. The lowest BCUT2D eigenvalue weighted by Crippen LogP contribution is -2.48. The van der Waals surface area contributed by atoms with Crippen LogP contribution in [-0.2, 0) is 4.79 Å². The molecule has 0 fully saturated rings. The fourth-order valence-corrected chi connectivity index (χ4v) is 1.82. The van der Waals surface area contributed by atoms with Crippen molar-refractivity contribution in [2.24, 2.45) is 5.73 Å². The van der Waals surface area contributed by atoms with Crippen LogP contribution in [-0.4, -0.2) is 16.4 Å². The molecule has 1 aromatic heterocycles. The SMILES string of the molecule is CCCC(C)(N)C(=O)Nc1c(C)ccnc1Cl. The molecular formula is C12H18ClN3O. The number of nitrogens with two attached hydrogens (primary N) is 1. The molecule has 0 radical (unpaired) electrons. The highest BCUT2D eigenvalue weighted by Gasteiger charge is 2.28. The lowest BCUT2D eigenvalue weighted by molar-refractivity contribution is -0.120. The molecule has 0 spiro atoms. The van der Waals surface area contributed by atoms with Crippen molar-refractivity contribution >= 4 is 23.2 Å². The van der Waals surface area contributed by atoms with Gasteiger partial charge in [-0.15, -0.1) is 0 Å². The quantitative estimate of drug-likeness (QED) is 0.813. The summed E-state index contributed by atoms with van der Waals surface area (Å²) in [7, 11) is 0. The first-order valence-corrected chi connectivity index (χ1v) is 5.97. The maximum atomic E-state index is 12.0. The Bertz CT molecular complexity index is 398. The zero-order chi connectivity index (χ0) is 13.1. The highest BCUT2D eigenvalue weighted by molar-refractivity contribution is 6.32. The van der Waals surface area contributed by atoms with Gasteiger partial charge in [0.15, 0.2) is 5.15 Å². The molecule has 1 rings (SSSR count). The number of nitrogens with one attached hydrogen (secondary N) is 1. The lowest BCUT2D eigenvalue weighted by Gasteiger charge is -2.23. The van der Waals surface area contributed by atoms with E-state index in [1.54, 1.807) is 19.2 Å². The number of halogens is 1. The largest absolute Gasteiger partial charge is 0.322 e. The van der Waals surface area contributed by atoms with Crippen LogP contribution >= 0.6 is 11.6 Å². The summed E-state index contributed by atoms with van der Waals surface area (Å²) in [6, 6.07) is 1.79. The van der Waals surface area contributed by atoms with Gasteiger partial charge in [-0.3, -0.25) is 4.79 Å². The Kier molecular flexibility index (Phi) is 4.48. The lowest BCUT2D eigenvalue weighted by atomic mass is 9.96. The van der Waals surface area contributed by atoms with Crippen molar-refractivity contribution in [3.05, 3.63) is 23.0 Å². The molecule has 0 saturated heterocycles. The van der Waals surface area contributed by atoms with E-state index in [2.05, 4.69) is 10.3 Å². The second-order valence-corrected chi connectivity index (χ2v) is 4.77. The molecule has 5 heteroatoms. The molecule has 1 heterocycles. The number of hydrogen-bond acceptors (Lipinski definition) is 3. The van der Waals surface area contributed by atoms with Gasteiger partial charge in [0, 0.05) is 6.20 Å². The zero-order valence-electron chi connectivity index (χ0n) is 10.4. The van der Waals surface area contributed by atoms with Gasteiger partial charge in [-0.05, 0) is 31.9 Å². The van der Waals surface area contributed by atoms with E-state index < -0.39 is 5.54 Å². The number of carbonyl (C=O) groups excluding carboxylic acids is 1. The minimum Gasteiger partial charge on any atom is -0.322 e. The minimum absolute atomic E-state index is 0.239. The molecule has 4 nitrogen and oxygen atoms in total. The summed E-state index contributed by atoms with van der Waals surface area (Å²) in [6.45, 7) is 5.56. The maximum absolute atomic E-state index is 12.0. The topological polar surface area (TPSA) is 68.0 Å². The molecule has 0 aliphatic carbocycles. The number of rotatable bonds is 4. The van der Waals surface area contributed by atoms with Crippen molar-refractivity contribution in [1.29, 1.82) is 0 Å². The molecule has 1 aromatic rings.